The molecule has 0 aliphatic carbocycles. The summed E-state index contributed by atoms with van der Waals surface area (Å²) in [7, 11) is 0. The van der Waals surface area contributed by atoms with Gasteiger partial charge in [-0.3, -0.25) is 9.69 Å². The maximum absolute atomic E-state index is 13.0. The predicted octanol–water partition coefficient (Wildman–Crippen LogP) is 4.04. The first-order valence-corrected chi connectivity index (χ1v) is 6.73. The number of carbonyl (C=O) groups excluding carboxylic acids is 1. The van der Waals surface area contributed by atoms with E-state index in [1.165, 1.54) is 12.1 Å². The smallest absolute Gasteiger partial charge is 0.359 e. The van der Waals surface area contributed by atoms with Gasteiger partial charge in [-0.05, 0) is 12.1 Å². The van der Waals surface area contributed by atoms with Crippen molar-refractivity contribution in [3.63, 3.8) is 0 Å². The Morgan fingerprint density at radius 2 is 1.36 bits per heavy atom. The molecule has 1 saturated heterocycles. The zero-order chi connectivity index (χ0) is 15.5. The molecule has 1 amide bonds. The number of hydrogen-bond acceptors (Lipinski definition) is 2. The van der Waals surface area contributed by atoms with Gasteiger partial charge in [0.2, 0.25) is 0 Å². The summed E-state index contributed by atoms with van der Waals surface area (Å²) in [5, 5.41) is 0. The molecule has 6 heteroatoms. The van der Waals surface area contributed by atoms with Crippen LogP contribution in [0.4, 0.5) is 24.5 Å². The van der Waals surface area contributed by atoms with Crippen LogP contribution >= 0.6 is 0 Å². The number of carbonyl (C=O) groups is 1. The second-order valence-electron chi connectivity index (χ2n) is 5.23. The van der Waals surface area contributed by atoms with Crippen LogP contribution in [0.1, 0.15) is 23.3 Å². The van der Waals surface area contributed by atoms with E-state index in [0.717, 1.165) is 4.90 Å². The number of epoxide rings is 1. The molecule has 0 radical (unpaired) electrons. The standard InChI is InChI=1S/C16H10F3NO2/c17-16(18,19)15(21)20-11-7-3-1-5-9(11)13-14(22-13)10-6-2-4-8-12(10)20/h1-8,13-14H. The van der Waals surface area contributed by atoms with Gasteiger partial charge in [0.25, 0.3) is 0 Å². The number of fused-ring (bicyclic) bond motifs is 5. The van der Waals surface area contributed by atoms with Crippen LogP contribution in [0.3, 0.4) is 0 Å². The molecule has 0 spiro atoms. The highest BCUT2D eigenvalue weighted by molar-refractivity contribution is 6.05. The van der Waals surface area contributed by atoms with Gasteiger partial charge in [0, 0.05) is 11.1 Å². The number of benzene rings is 2. The number of alkyl halides is 3. The lowest BCUT2D eigenvalue weighted by Crippen LogP contribution is -2.38. The molecule has 2 aliphatic rings. The Bertz CT molecular complexity index is 720. The lowest BCUT2D eigenvalue weighted by Gasteiger charge is -2.26. The molecule has 0 N–H and O–H groups in total. The van der Waals surface area contributed by atoms with Gasteiger partial charge in [-0.15, -0.1) is 0 Å². The first-order chi connectivity index (χ1) is 10.5. The molecule has 4 rings (SSSR count). The van der Waals surface area contributed by atoms with Gasteiger partial charge in [-0.1, -0.05) is 36.4 Å². The molecule has 2 unspecified atom stereocenters. The number of amides is 1. The van der Waals surface area contributed by atoms with Crippen LogP contribution in [0.5, 0.6) is 0 Å². The van der Waals surface area contributed by atoms with Crippen molar-refractivity contribution in [2.45, 2.75) is 18.4 Å². The van der Waals surface area contributed by atoms with E-state index in [9.17, 15) is 18.0 Å². The van der Waals surface area contributed by atoms with Crippen molar-refractivity contribution in [2.24, 2.45) is 0 Å². The van der Waals surface area contributed by atoms with Crippen LogP contribution in [-0.4, -0.2) is 12.1 Å². The Kier molecular flexibility index (Phi) is 2.62. The van der Waals surface area contributed by atoms with Gasteiger partial charge in [0.1, 0.15) is 12.2 Å². The fraction of sp³-hybridized carbons (Fsp3) is 0.188. The van der Waals surface area contributed by atoms with Crippen molar-refractivity contribution in [2.75, 3.05) is 4.90 Å². The fourth-order valence-corrected chi connectivity index (χ4v) is 2.92. The third-order valence-electron chi connectivity index (χ3n) is 3.91. The number of anilines is 2. The molecular formula is C16H10F3NO2. The fourth-order valence-electron chi connectivity index (χ4n) is 2.92. The molecule has 2 aromatic carbocycles. The Balaban J connectivity index is 1.98. The van der Waals surface area contributed by atoms with Crippen LogP contribution in [0.25, 0.3) is 0 Å². The highest BCUT2D eigenvalue weighted by atomic mass is 19.4. The third-order valence-corrected chi connectivity index (χ3v) is 3.91. The first kappa shape index (κ1) is 13.3. The summed E-state index contributed by atoms with van der Waals surface area (Å²) >= 11 is 0. The van der Waals surface area contributed by atoms with Gasteiger partial charge in [-0.2, -0.15) is 13.2 Å². The van der Waals surface area contributed by atoms with Gasteiger partial charge in [0.15, 0.2) is 0 Å². The van der Waals surface area contributed by atoms with E-state index in [1.54, 1.807) is 36.4 Å². The van der Waals surface area contributed by atoms with E-state index in [-0.39, 0.29) is 23.6 Å². The minimum absolute atomic E-state index is 0.224. The number of hydrogen-bond donors (Lipinski definition) is 0. The molecule has 0 bridgehead atoms. The molecule has 22 heavy (non-hydrogen) atoms. The van der Waals surface area contributed by atoms with E-state index in [4.69, 9.17) is 4.74 Å². The molecule has 2 aromatic rings. The largest absolute Gasteiger partial charge is 0.472 e. The second-order valence-corrected chi connectivity index (χ2v) is 5.23. The SMILES string of the molecule is O=C(N1c2ccccc2C2OC2c2ccccc21)C(F)(F)F. The number of halogens is 3. The van der Waals surface area contributed by atoms with Crippen molar-refractivity contribution in [3.05, 3.63) is 59.7 Å². The van der Waals surface area contributed by atoms with Crippen LogP contribution in [-0.2, 0) is 9.53 Å². The second kappa shape index (κ2) is 4.33. The predicted molar refractivity (Wildman–Crippen MR) is 72.7 cm³/mol. The van der Waals surface area contributed by atoms with Gasteiger partial charge in [-0.25, -0.2) is 0 Å². The molecule has 2 atom stereocenters. The molecule has 0 saturated carbocycles. The van der Waals surface area contributed by atoms with E-state index >= 15 is 0 Å². The van der Waals surface area contributed by atoms with Crippen LogP contribution in [0, 0.1) is 0 Å². The van der Waals surface area contributed by atoms with Crippen molar-refractivity contribution in [3.8, 4) is 0 Å². The average molecular weight is 305 g/mol. The molecule has 0 aromatic heterocycles. The highest BCUT2D eigenvalue weighted by Crippen LogP contribution is 2.59. The monoisotopic (exact) mass is 305 g/mol. The summed E-state index contributed by atoms with van der Waals surface area (Å²) in [6.07, 6.45) is -5.55. The van der Waals surface area contributed by atoms with Crippen LogP contribution in [0.15, 0.2) is 48.5 Å². The molecule has 112 valence electrons. The number of rotatable bonds is 0. The van der Waals surface area contributed by atoms with Crippen molar-refractivity contribution in [1.29, 1.82) is 0 Å². The topological polar surface area (TPSA) is 32.8 Å². The Hall–Kier alpha value is -2.34. The van der Waals surface area contributed by atoms with E-state index in [1.807, 2.05) is 0 Å². The van der Waals surface area contributed by atoms with Crippen molar-refractivity contribution < 1.29 is 22.7 Å². The Morgan fingerprint density at radius 3 is 1.82 bits per heavy atom. The number of para-hydroxylation sites is 2. The summed E-state index contributed by atoms with van der Waals surface area (Å²) in [5.74, 6) is -1.89. The van der Waals surface area contributed by atoms with Gasteiger partial charge in [0.05, 0.1) is 11.4 Å². The quantitative estimate of drug-likeness (QED) is 0.688. The minimum Gasteiger partial charge on any atom is -0.359 e. The molecule has 1 fully saturated rings. The summed E-state index contributed by atoms with van der Waals surface area (Å²) in [6.45, 7) is 0. The zero-order valence-corrected chi connectivity index (χ0v) is 11.2. The van der Waals surface area contributed by atoms with Crippen LogP contribution < -0.4 is 4.90 Å². The summed E-state index contributed by atoms with van der Waals surface area (Å²) < 4.78 is 44.7. The maximum Gasteiger partial charge on any atom is 0.472 e. The van der Waals surface area contributed by atoms with Gasteiger partial charge >= 0.3 is 12.1 Å². The number of nitrogens with zero attached hydrogens (tertiary/aromatic N) is 1. The van der Waals surface area contributed by atoms with Crippen molar-refractivity contribution in [1.82, 2.24) is 0 Å². The molecule has 3 nitrogen and oxygen atoms in total. The van der Waals surface area contributed by atoms with E-state index in [0.29, 0.717) is 11.1 Å². The lowest BCUT2D eigenvalue weighted by atomic mass is 10.0. The minimum atomic E-state index is -4.95. The zero-order valence-electron chi connectivity index (χ0n) is 11.2. The average Bonchev–Trinajstić information content (AvgIpc) is 3.27. The third kappa shape index (κ3) is 1.84. The summed E-state index contributed by atoms with van der Waals surface area (Å²) in [4.78, 5) is 12.7. The summed E-state index contributed by atoms with van der Waals surface area (Å²) in [6, 6.07) is 13.1. The van der Waals surface area contributed by atoms with Gasteiger partial charge < -0.3 is 4.74 Å². The molecule has 2 aliphatic heterocycles. The normalized spacial score (nSPS) is 22.2. The first-order valence-electron chi connectivity index (χ1n) is 6.73. The van der Waals surface area contributed by atoms with E-state index in [2.05, 4.69) is 0 Å². The Morgan fingerprint density at radius 1 is 0.909 bits per heavy atom. The lowest BCUT2D eigenvalue weighted by molar-refractivity contribution is -0.169. The van der Waals surface area contributed by atoms with Crippen molar-refractivity contribution >= 4 is 17.3 Å². The highest BCUT2D eigenvalue weighted by Gasteiger charge is 2.51. The summed E-state index contributed by atoms with van der Waals surface area (Å²) in [5.41, 5.74) is 1.65. The Labute approximate surface area is 123 Å². The number of ether oxygens (including phenoxy) is 1. The maximum atomic E-state index is 13.0. The molecular weight excluding hydrogens is 295 g/mol. The molecule has 2 heterocycles. The van der Waals surface area contributed by atoms with Crippen LogP contribution in [0.2, 0.25) is 0 Å². The van der Waals surface area contributed by atoms with E-state index < -0.39 is 12.1 Å².